The van der Waals surface area contributed by atoms with Gasteiger partial charge in [-0.1, -0.05) is 0 Å². The predicted molar refractivity (Wildman–Crippen MR) is 73.3 cm³/mol. The molecule has 2 rings (SSSR count). The lowest BCUT2D eigenvalue weighted by Crippen LogP contribution is -2.44. The molecule has 0 spiro atoms. The lowest BCUT2D eigenvalue weighted by atomic mass is 9.82. The van der Waals surface area contributed by atoms with Crippen LogP contribution in [-0.2, 0) is 4.79 Å². The summed E-state index contributed by atoms with van der Waals surface area (Å²) in [6.07, 6.45) is 5.19. The fraction of sp³-hybridized carbons (Fsp3) is 0.857. The van der Waals surface area contributed by atoms with E-state index < -0.39 is 5.97 Å². The van der Waals surface area contributed by atoms with E-state index in [1.807, 2.05) is 0 Å². The second-order valence-electron chi connectivity index (χ2n) is 5.89. The van der Waals surface area contributed by atoms with Crippen LogP contribution in [0.2, 0.25) is 0 Å². The molecule has 0 unspecified atom stereocenters. The third kappa shape index (κ3) is 4.10. The van der Waals surface area contributed by atoms with E-state index in [0.717, 1.165) is 25.7 Å². The Morgan fingerprint density at radius 1 is 1.10 bits per heavy atom. The van der Waals surface area contributed by atoms with Crippen molar-refractivity contribution in [3.63, 3.8) is 0 Å². The Hall–Kier alpha value is -1.30. The first-order valence-electron chi connectivity index (χ1n) is 7.50. The molecule has 6 nitrogen and oxygen atoms in total. The Bertz CT molecular complexity index is 349. The van der Waals surface area contributed by atoms with Crippen LogP contribution < -0.4 is 5.32 Å². The Labute approximate surface area is 119 Å². The number of carbonyl (C=O) groups is 2. The molecule has 0 radical (unpaired) electrons. The summed E-state index contributed by atoms with van der Waals surface area (Å²) < 4.78 is 0. The van der Waals surface area contributed by atoms with Crippen molar-refractivity contribution in [2.45, 2.75) is 44.6 Å². The Morgan fingerprint density at radius 2 is 1.75 bits per heavy atom. The molecule has 2 saturated carbocycles. The van der Waals surface area contributed by atoms with Gasteiger partial charge in [-0.15, -0.1) is 0 Å². The molecule has 0 aromatic carbocycles. The lowest BCUT2D eigenvalue weighted by molar-refractivity contribution is -0.143. The summed E-state index contributed by atoms with van der Waals surface area (Å²) in [6.45, 7) is 0.996. The minimum absolute atomic E-state index is 0.00631. The third-order valence-electron chi connectivity index (χ3n) is 4.33. The normalized spacial score (nSPS) is 26.1. The highest BCUT2D eigenvalue weighted by Gasteiger charge is 2.32. The number of nitrogens with one attached hydrogen (secondary N) is 1. The summed E-state index contributed by atoms with van der Waals surface area (Å²) >= 11 is 0. The van der Waals surface area contributed by atoms with Crippen LogP contribution >= 0.6 is 0 Å². The maximum absolute atomic E-state index is 12.0. The van der Waals surface area contributed by atoms with Crippen molar-refractivity contribution < 1.29 is 19.8 Å². The molecule has 0 aliphatic heterocycles. The quantitative estimate of drug-likeness (QED) is 0.680. The van der Waals surface area contributed by atoms with Gasteiger partial charge in [-0.25, -0.2) is 4.79 Å². The van der Waals surface area contributed by atoms with Crippen LogP contribution in [0, 0.1) is 11.8 Å². The number of hydrogen-bond donors (Lipinski definition) is 3. The maximum Gasteiger partial charge on any atom is 0.317 e. The zero-order valence-corrected chi connectivity index (χ0v) is 11.8. The van der Waals surface area contributed by atoms with Gasteiger partial charge >= 0.3 is 12.0 Å². The van der Waals surface area contributed by atoms with Gasteiger partial charge in [0.1, 0.15) is 0 Å². The molecule has 20 heavy (non-hydrogen) atoms. The van der Waals surface area contributed by atoms with Crippen LogP contribution in [-0.4, -0.2) is 52.9 Å². The summed E-state index contributed by atoms with van der Waals surface area (Å²) in [5.74, 6) is -0.528. The van der Waals surface area contributed by atoms with Crippen molar-refractivity contribution in [3.8, 4) is 0 Å². The van der Waals surface area contributed by atoms with E-state index >= 15 is 0 Å². The maximum atomic E-state index is 12.0. The summed E-state index contributed by atoms with van der Waals surface area (Å²) in [7, 11) is 0. The summed E-state index contributed by atoms with van der Waals surface area (Å²) in [5, 5.41) is 20.9. The number of carboxylic acid groups (broad SMARTS) is 1. The number of nitrogens with zero attached hydrogens (tertiary/aromatic N) is 1. The molecule has 6 heteroatoms. The van der Waals surface area contributed by atoms with Gasteiger partial charge in [0.2, 0.25) is 0 Å². The molecule has 2 aliphatic carbocycles. The van der Waals surface area contributed by atoms with E-state index in [4.69, 9.17) is 10.2 Å². The molecule has 0 aromatic rings. The third-order valence-corrected chi connectivity index (χ3v) is 4.33. The number of aliphatic hydroxyl groups is 1. The Balaban J connectivity index is 1.69. The van der Waals surface area contributed by atoms with Crippen molar-refractivity contribution in [2.24, 2.45) is 11.8 Å². The van der Waals surface area contributed by atoms with Gasteiger partial charge in [-0.05, 0) is 44.4 Å². The van der Waals surface area contributed by atoms with Gasteiger partial charge in [0.25, 0.3) is 0 Å². The van der Waals surface area contributed by atoms with Crippen molar-refractivity contribution in [1.82, 2.24) is 10.2 Å². The largest absolute Gasteiger partial charge is 0.481 e. The number of hydrogen-bond acceptors (Lipinski definition) is 3. The minimum atomic E-state index is -0.699. The van der Waals surface area contributed by atoms with Gasteiger partial charge < -0.3 is 20.4 Å². The van der Waals surface area contributed by atoms with Crippen LogP contribution in [0.5, 0.6) is 0 Å². The number of urea groups is 1. The fourth-order valence-electron chi connectivity index (χ4n) is 2.89. The summed E-state index contributed by atoms with van der Waals surface area (Å²) in [5.41, 5.74) is 0. The van der Waals surface area contributed by atoms with Gasteiger partial charge in [0.05, 0.1) is 12.5 Å². The van der Waals surface area contributed by atoms with E-state index in [0.29, 0.717) is 37.9 Å². The van der Waals surface area contributed by atoms with Gasteiger partial charge in [0, 0.05) is 19.1 Å². The molecule has 0 heterocycles. The first-order valence-corrected chi connectivity index (χ1v) is 7.50. The van der Waals surface area contributed by atoms with E-state index in [9.17, 15) is 9.59 Å². The lowest BCUT2D eigenvalue weighted by Gasteiger charge is -2.28. The van der Waals surface area contributed by atoms with E-state index in [1.54, 1.807) is 4.90 Å². The van der Waals surface area contributed by atoms with Crippen molar-refractivity contribution >= 4 is 12.0 Å². The zero-order chi connectivity index (χ0) is 14.5. The number of carbonyl (C=O) groups excluding carboxylic acids is 1. The predicted octanol–water partition coefficient (Wildman–Crippen LogP) is 1.04. The number of aliphatic carboxylic acids is 1. The van der Waals surface area contributed by atoms with Crippen LogP contribution in [0.25, 0.3) is 0 Å². The van der Waals surface area contributed by atoms with Gasteiger partial charge in [-0.2, -0.15) is 0 Å². The minimum Gasteiger partial charge on any atom is -0.481 e. The van der Waals surface area contributed by atoms with Gasteiger partial charge in [0.15, 0.2) is 0 Å². The number of amides is 2. The summed E-state index contributed by atoms with van der Waals surface area (Å²) in [6, 6.07) is 0.201. The molecule has 0 aromatic heterocycles. The highest BCUT2D eigenvalue weighted by atomic mass is 16.4. The molecule has 0 atom stereocenters. The second-order valence-corrected chi connectivity index (χ2v) is 5.89. The fourth-order valence-corrected chi connectivity index (χ4v) is 2.89. The Morgan fingerprint density at radius 3 is 2.25 bits per heavy atom. The van der Waals surface area contributed by atoms with Crippen LogP contribution in [0.4, 0.5) is 4.79 Å². The highest BCUT2D eigenvalue weighted by molar-refractivity contribution is 5.75. The molecule has 2 fully saturated rings. The van der Waals surface area contributed by atoms with Crippen molar-refractivity contribution in [1.29, 1.82) is 0 Å². The average Bonchev–Trinajstić information content (AvgIpc) is 3.27. The monoisotopic (exact) mass is 284 g/mol. The number of aliphatic hydroxyl groups excluding tert-OH is 1. The average molecular weight is 284 g/mol. The van der Waals surface area contributed by atoms with Crippen molar-refractivity contribution in [2.75, 3.05) is 19.7 Å². The topological polar surface area (TPSA) is 89.9 Å². The highest BCUT2D eigenvalue weighted by Crippen LogP contribution is 2.29. The van der Waals surface area contributed by atoms with E-state index in [1.165, 1.54) is 0 Å². The molecular weight excluding hydrogens is 260 g/mol. The zero-order valence-electron chi connectivity index (χ0n) is 11.8. The molecular formula is C14H24N2O4. The molecule has 3 N–H and O–H groups in total. The van der Waals surface area contributed by atoms with Gasteiger partial charge in [-0.3, -0.25) is 4.79 Å². The number of carboxylic acids is 1. The van der Waals surface area contributed by atoms with E-state index in [2.05, 4.69) is 5.32 Å². The van der Waals surface area contributed by atoms with E-state index in [-0.39, 0.29) is 18.6 Å². The van der Waals surface area contributed by atoms with Crippen LogP contribution in [0.1, 0.15) is 38.5 Å². The Kier molecular flexibility index (Phi) is 5.23. The first-order chi connectivity index (χ1) is 9.61. The van der Waals surface area contributed by atoms with Crippen LogP contribution in [0.15, 0.2) is 0 Å². The standard InChI is InChI=1S/C14H24N2O4/c17-8-7-16(12-5-6-12)14(20)15-9-10-1-3-11(4-2-10)13(18)19/h10-12,17H,1-9H2,(H,15,20)(H,18,19). The smallest absolute Gasteiger partial charge is 0.317 e. The summed E-state index contributed by atoms with van der Waals surface area (Å²) in [4.78, 5) is 24.6. The molecule has 2 aliphatic rings. The van der Waals surface area contributed by atoms with Crippen LogP contribution in [0.3, 0.4) is 0 Å². The molecule has 114 valence electrons. The SMILES string of the molecule is O=C(O)C1CCC(CNC(=O)N(CCO)C2CC2)CC1. The molecule has 0 bridgehead atoms. The number of rotatable bonds is 6. The molecule has 2 amide bonds. The van der Waals surface area contributed by atoms with Crippen molar-refractivity contribution in [3.05, 3.63) is 0 Å². The first kappa shape index (κ1) is 15.1. The second kappa shape index (κ2) is 6.92. The molecule has 0 saturated heterocycles.